The zero-order chi connectivity index (χ0) is 21.4. The molecule has 3 nitrogen and oxygen atoms in total. The van der Waals surface area contributed by atoms with Gasteiger partial charge in [0.05, 0.1) is 26.4 Å². The Kier molecular flexibility index (Phi) is 13.0. The highest BCUT2D eigenvalue weighted by Gasteiger charge is 2.06. The van der Waals surface area contributed by atoms with Gasteiger partial charge in [0.2, 0.25) is 0 Å². The smallest absolute Gasteiger partial charge is 0.123 e. The van der Waals surface area contributed by atoms with Crippen molar-refractivity contribution in [3.8, 4) is 11.5 Å². The van der Waals surface area contributed by atoms with E-state index >= 15 is 0 Å². The van der Waals surface area contributed by atoms with Crippen LogP contribution in [0.25, 0.3) is 0 Å². The molecule has 0 radical (unpaired) electrons. The van der Waals surface area contributed by atoms with Crippen LogP contribution >= 0.6 is 47.0 Å². The first kappa shape index (κ1) is 25.0. The van der Waals surface area contributed by atoms with Gasteiger partial charge in [-0.2, -0.15) is 47.0 Å². The first-order valence-corrected chi connectivity index (χ1v) is 15.4. The molecule has 7 heteroatoms. The van der Waals surface area contributed by atoms with E-state index in [-0.39, 0.29) is 0 Å². The highest BCUT2D eigenvalue weighted by Crippen LogP contribution is 2.26. The zero-order valence-electron chi connectivity index (χ0n) is 18.0. The van der Waals surface area contributed by atoms with Gasteiger partial charge in [-0.15, -0.1) is 0 Å². The number of rotatable bonds is 0. The summed E-state index contributed by atoms with van der Waals surface area (Å²) in [6.07, 6.45) is 0. The van der Waals surface area contributed by atoms with Crippen LogP contribution in [0.2, 0.25) is 0 Å². The standard InChI is InChI=1S/C24H32O3S4/c1-3-7-23-21(5-1)19-30-17-18-31-20-22-6-2-4-8-24(22)27-12-16-29-14-10-25-9-13-28-15-11-26-23/h1-8H,9-20H2. The van der Waals surface area contributed by atoms with Gasteiger partial charge in [0.25, 0.3) is 0 Å². The third kappa shape index (κ3) is 10.3. The molecule has 3 rings (SSSR count). The molecule has 0 aliphatic carbocycles. The molecule has 0 fully saturated rings. The summed E-state index contributed by atoms with van der Waals surface area (Å²) < 4.78 is 17.9. The molecule has 31 heavy (non-hydrogen) atoms. The van der Waals surface area contributed by atoms with E-state index < -0.39 is 0 Å². The highest BCUT2D eigenvalue weighted by molar-refractivity contribution is 8.02. The predicted molar refractivity (Wildman–Crippen MR) is 142 cm³/mol. The van der Waals surface area contributed by atoms with Crippen molar-refractivity contribution in [3.05, 3.63) is 59.7 Å². The lowest BCUT2D eigenvalue weighted by molar-refractivity contribution is 0.167. The Morgan fingerprint density at radius 2 is 0.935 bits per heavy atom. The van der Waals surface area contributed by atoms with E-state index in [1.165, 1.54) is 11.1 Å². The average Bonchev–Trinajstić information content (AvgIpc) is 2.80. The van der Waals surface area contributed by atoms with E-state index in [0.29, 0.717) is 0 Å². The van der Waals surface area contributed by atoms with Crippen molar-refractivity contribution in [2.24, 2.45) is 0 Å². The van der Waals surface area contributed by atoms with Crippen LogP contribution in [0.3, 0.4) is 0 Å². The summed E-state index contributed by atoms with van der Waals surface area (Å²) in [7, 11) is 0. The highest BCUT2D eigenvalue weighted by atomic mass is 32.2. The van der Waals surface area contributed by atoms with Crippen molar-refractivity contribution in [2.45, 2.75) is 11.5 Å². The number of para-hydroxylation sites is 2. The summed E-state index contributed by atoms with van der Waals surface area (Å²) in [5.74, 6) is 10.3. The fraction of sp³-hybridized carbons (Fsp3) is 0.500. The Labute approximate surface area is 204 Å². The fourth-order valence-electron chi connectivity index (χ4n) is 2.97. The van der Waals surface area contributed by atoms with Crippen molar-refractivity contribution in [1.29, 1.82) is 0 Å². The van der Waals surface area contributed by atoms with Gasteiger partial charge in [0, 0.05) is 57.1 Å². The van der Waals surface area contributed by atoms with E-state index in [0.717, 1.165) is 83.9 Å². The summed E-state index contributed by atoms with van der Waals surface area (Å²) in [4.78, 5) is 0. The first-order valence-electron chi connectivity index (χ1n) is 10.7. The number of hydrogen-bond acceptors (Lipinski definition) is 7. The van der Waals surface area contributed by atoms with Gasteiger partial charge in [-0.3, -0.25) is 0 Å². The number of benzene rings is 2. The van der Waals surface area contributed by atoms with Crippen LogP contribution in [0.15, 0.2) is 48.5 Å². The lowest BCUT2D eigenvalue weighted by atomic mass is 10.2. The second kappa shape index (κ2) is 16.1. The Bertz CT molecular complexity index is 683. The molecular formula is C24H32O3S4. The average molecular weight is 497 g/mol. The first-order chi connectivity index (χ1) is 15.4. The van der Waals surface area contributed by atoms with Gasteiger partial charge in [-0.1, -0.05) is 36.4 Å². The van der Waals surface area contributed by atoms with Gasteiger partial charge >= 0.3 is 0 Å². The molecule has 0 atom stereocenters. The largest absolute Gasteiger partial charge is 0.492 e. The molecule has 170 valence electrons. The van der Waals surface area contributed by atoms with Crippen LogP contribution in [-0.4, -0.2) is 60.9 Å². The normalized spacial score (nSPS) is 18.6. The topological polar surface area (TPSA) is 27.7 Å². The summed E-state index contributed by atoms with van der Waals surface area (Å²) >= 11 is 7.74. The third-order valence-corrected chi connectivity index (χ3v) is 8.64. The summed E-state index contributed by atoms with van der Waals surface area (Å²) in [6, 6.07) is 16.9. The maximum Gasteiger partial charge on any atom is 0.123 e. The molecule has 0 unspecified atom stereocenters. The molecule has 2 aromatic rings. The third-order valence-electron chi connectivity index (χ3n) is 4.55. The van der Waals surface area contributed by atoms with E-state index in [9.17, 15) is 0 Å². The molecule has 0 N–H and O–H groups in total. The Morgan fingerprint density at radius 1 is 0.484 bits per heavy atom. The molecule has 0 saturated heterocycles. The summed E-state index contributed by atoms with van der Waals surface area (Å²) in [5.41, 5.74) is 2.58. The van der Waals surface area contributed by atoms with Crippen LogP contribution in [-0.2, 0) is 16.2 Å². The Balaban J connectivity index is 1.50. The molecule has 1 aliphatic rings. The second-order valence-corrected chi connectivity index (χ2v) is 11.5. The number of thioether (sulfide) groups is 4. The molecule has 0 aromatic heterocycles. The summed E-state index contributed by atoms with van der Waals surface area (Å²) in [5, 5.41) is 0. The minimum Gasteiger partial charge on any atom is -0.492 e. The van der Waals surface area contributed by atoms with E-state index in [4.69, 9.17) is 14.2 Å². The molecule has 1 aliphatic heterocycles. The molecule has 0 amide bonds. The monoisotopic (exact) mass is 496 g/mol. The number of hydrogen-bond donors (Lipinski definition) is 0. The van der Waals surface area contributed by atoms with Crippen LogP contribution < -0.4 is 9.47 Å². The van der Waals surface area contributed by atoms with Gasteiger partial charge < -0.3 is 14.2 Å². The van der Waals surface area contributed by atoms with Crippen molar-refractivity contribution in [3.63, 3.8) is 0 Å². The minimum atomic E-state index is 0.747. The van der Waals surface area contributed by atoms with Crippen molar-refractivity contribution in [2.75, 3.05) is 60.9 Å². The van der Waals surface area contributed by atoms with Gasteiger partial charge in [-0.25, -0.2) is 0 Å². The minimum absolute atomic E-state index is 0.747. The predicted octanol–water partition coefficient (Wildman–Crippen LogP) is 6.11. The van der Waals surface area contributed by atoms with Crippen molar-refractivity contribution in [1.82, 2.24) is 0 Å². The van der Waals surface area contributed by atoms with Crippen LogP contribution in [0, 0.1) is 0 Å². The van der Waals surface area contributed by atoms with Crippen LogP contribution in [0.1, 0.15) is 11.1 Å². The quantitative estimate of drug-likeness (QED) is 0.434. The van der Waals surface area contributed by atoms with E-state index in [1.54, 1.807) is 0 Å². The molecule has 0 bridgehead atoms. The maximum atomic E-state index is 6.06. The molecule has 2 aromatic carbocycles. The van der Waals surface area contributed by atoms with Gasteiger partial charge in [0.1, 0.15) is 11.5 Å². The molecule has 0 saturated carbocycles. The number of fused-ring (bicyclic) bond motifs is 2. The van der Waals surface area contributed by atoms with E-state index in [1.807, 2.05) is 47.0 Å². The van der Waals surface area contributed by atoms with E-state index in [2.05, 4.69) is 48.5 Å². The zero-order valence-corrected chi connectivity index (χ0v) is 21.2. The van der Waals surface area contributed by atoms with Crippen molar-refractivity contribution >= 4 is 47.0 Å². The lowest BCUT2D eigenvalue weighted by Gasteiger charge is -2.12. The number of ether oxygens (including phenoxy) is 3. The van der Waals surface area contributed by atoms with Crippen LogP contribution in [0.4, 0.5) is 0 Å². The Hall–Kier alpha value is -0.600. The van der Waals surface area contributed by atoms with Gasteiger partial charge in [0.15, 0.2) is 0 Å². The van der Waals surface area contributed by atoms with Gasteiger partial charge in [-0.05, 0) is 12.1 Å². The van der Waals surface area contributed by atoms with Crippen molar-refractivity contribution < 1.29 is 14.2 Å². The molecule has 1 heterocycles. The van der Waals surface area contributed by atoms with Crippen LogP contribution in [0.5, 0.6) is 11.5 Å². The molecular weight excluding hydrogens is 465 g/mol. The summed E-state index contributed by atoms with van der Waals surface area (Å²) in [6.45, 7) is 3.11. The fourth-order valence-corrected chi connectivity index (χ4v) is 6.40. The SMILES string of the molecule is c1ccc2c(c1)CSCCSCc1ccccc1OCCSCCOCCSCCO2. The maximum absolute atomic E-state index is 6.06. The molecule has 0 spiro atoms. The second-order valence-electron chi connectivity index (χ2n) is 6.85. The lowest BCUT2D eigenvalue weighted by Crippen LogP contribution is -2.07. The Morgan fingerprint density at radius 3 is 1.45 bits per heavy atom.